The fourth-order valence-corrected chi connectivity index (χ4v) is 4.59. The van der Waals surface area contributed by atoms with E-state index >= 15 is 0 Å². The van der Waals surface area contributed by atoms with E-state index in [-0.39, 0.29) is 17.9 Å². The van der Waals surface area contributed by atoms with Gasteiger partial charge in [-0.3, -0.25) is 10.4 Å². The molecule has 1 atom stereocenters. The molecule has 1 heterocycles. The topological polar surface area (TPSA) is 113 Å². The lowest BCUT2D eigenvalue weighted by Gasteiger charge is -2.26. The number of nitrogen functional groups attached to an aromatic ring is 1. The molecule has 4 aromatic rings. The molecule has 1 aliphatic rings. The van der Waals surface area contributed by atoms with Gasteiger partial charge in [0.15, 0.2) is 0 Å². The van der Waals surface area contributed by atoms with Gasteiger partial charge < -0.3 is 21.1 Å². The van der Waals surface area contributed by atoms with Gasteiger partial charge in [-0.15, -0.1) is 0 Å². The summed E-state index contributed by atoms with van der Waals surface area (Å²) < 4.78 is 6.11. The second-order valence-corrected chi connectivity index (χ2v) is 9.16. The van der Waals surface area contributed by atoms with Gasteiger partial charge in [0.05, 0.1) is 0 Å². The zero-order valence-corrected chi connectivity index (χ0v) is 20.0. The van der Waals surface area contributed by atoms with Crippen molar-refractivity contribution in [3.63, 3.8) is 0 Å². The van der Waals surface area contributed by atoms with Crippen LogP contribution >= 0.6 is 0 Å². The van der Waals surface area contributed by atoms with E-state index in [1.165, 1.54) is 11.1 Å². The molecule has 2 amide bonds. The van der Waals surface area contributed by atoms with Gasteiger partial charge in [-0.25, -0.2) is 4.79 Å². The van der Waals surface area contributed by atoms with Gasteiger partial charge in [0.25, 0.3) is 0 Å². The Morgan fingerprint density at radius 1 is 1.03 bits per heavy atom. The number of amides is 2. The Morgan fingerprint density at radius 2 is 1.89 bits per heavy atom. The van der Waals surface area contributed by atoms with E-state index < -0.39 is 0 Å². The van der Waals surface area contributed by atoms with Crippen molar-refractivity contribution >= 4 is 22.6 Å². The van der Waals surface area contributed by atoms with Crippen LogP contribution < -0.4 is 21.1 Å². The predicted molar refractivity (Wildman–Crippen MR) is 141 cm³/mol. The molecule has 3 aromatic carbocycles. The van der Waals surface area contributed by atoms with Crippen LogP contribution in [0.2, 0.25) is 0 Å². The summed E-state index contributed by atoms with van der Waals surface area (Å²) in [5, 5.41) is 15.8. The van der Waals surface area contributed by atoms with Crippen LogP contribution in [0.4, 0.5) is 4.79 Å². The number of hydrogen-bond donors (Lipinski definition) is 4. The summed E-state index contributed by atoms with van der Waals surface area (Å²) in [7, 11) is 0. The SMILES string of the molecule is N=C(N)c1ccc2cc(COc3ccc4c(c3)CC(NC(=O)NCc3cccnc3)CC4)ccc2c1. The molecule has 5 rings (SSSR count). The molecule has 0 radical (unpaired) electrons. The number of amidine groups is 1. The van der Waals surface area contributed by atoms with Crippen molar-refractivity contribution in [2.24, 2.45) is 5.73 Å². The molecule has 0 aliphatic heterocycles. The maximum absolute atomic E-state index is 12.4. The highest BCUT2D eigenvalue weighted by Crippen LogP contribution is 2.27. The van der Waals surface area contributed by atoms with E-state index in [1.54, 1.807) is 12.4 Å². The highest BCUT2D eigenvalue weighted by atomic mass is 16.5. The summed E-state index contributed by atoms with van der Waals surface area (Å²) in [6.45, 7) is 0.912. The van der Waals surface area contributed by atoms with Crippen molar-refractivity contribution in [2.75, 3.05) is 0 Å². The van der Waals surface area contributed by atoms with Crippen molar-refractivity contribution in [3.05, 3.63) is 107 Å². The largest absolute Gasteiger partial charge is 0.489 e. The first-order valence-corrected chi connectivity index (χ1v) is 12.1. The Morgan fingerprint density at radius 3 is 2.72 bits per heavy atom. The summed E-state index contributed by atoms with van der Waals surface area (Å²) in [6, 6.07) is 21.9. The van der Waals surface area contributed by atoms with Gasteiger partial charge in [0, 0.05) is 30.5 Å². The third-order valence-corrected chi connectivity index (χ3v) is 6.54. The van der Waals surface area contributed by atoms with Crippen LogP contribution in [0.25, 0.3) is 10.8 Å². The third kappa shape index (κ3) is 5.63. The lowest BCUT2D eigenvalue weighted by atomic mass is 9.88. The summed E-state index contributed by atoms with van der Waals surface area (Å²) in [5.41, 5.74) is 10.9. The zero-order valence-electron chi connectivity index (χ0n) is 20.0. The van der Waals surface area contributed by atoms with Crippen LogP contribution in [0.15, 0.2) is 79.1 Å². The first kappa shape index (κ1) is 23.4. The zero-order chi connectivity index (χ0) is 24.9. The average Bonchev–Trinajstić information content (AvgIpc) is 2.90. The summed E-state index contributed by atoms with van der Waals surface area (Å²) in [5.74, 6) is 0.891. The van der Waals surface area contributed by atoms with Crippen molar-refractivity contribution < 1.29 is 9.53 Å². The number of aromatic nitrogens is 1. The quantitative estimate of drug-likeness (QED) is 0.232. The van der Waals surface area contributed by atoms with E-state index in [9.17, 15) is 4.79 Å². The highest BCUT2D eigenvalue weighted by Gasteiger charge is 2.20. The number of hydrogen-bond acceptors (Lipinski definition) is 4. The van der Waals surface area contributed by atoms with Crippen LogP contribution in [0.1, 0.15) is 34.2 Å². The molecule has 7 nitrogen and oxygen atoms in total. The molecule has 1 aromatic heterocycles. The Balaban J connectivity index is 1.17. The van der Waals surface area contributed by atoms with Gasteiger partial charge >= 0.3 is 6.03 Å². The van der Waals surface area contributed by atoms with E-state index in [2.05, 4.69) is 33.8 Å². The number of pyridine rings is 1. The molecule has 0 saturated carbocycles. The lowest BCUT2D eigenvalue weighted by molar-refractivity contribution is 0.235. The van der Waals surface area contributed by atoms with Crippen LogP contribution in [0, 0.1) is 5.41 Å². The van der Waals surface area contributed by atoms with Crippen LogP contribution in [0.5, 0.6) is 5.75 Å². The third-order valence-electron chi connectivity index (χ3n) is 6.54. The Labute approximate surface area is 210 Å². The van der Waals surface area contributed by atoms with E-state index in [0.717, 1.165) is 52.5 Å². The molecular weight excluding hydrogens is 450 g/mol. The fourth-order valence-electron chi connectivity index (χ4n) is 4.59. The number of rotatable bonds is 7. The van der Waals surface area contributed by atoms with Crippen LogP contribution in [-0.2, 0) is 26.0 Å². The minimum atomic E-state index is -0.161. The van der Waals surface area contributed by atoms with E-state index in [1.807, 2.05) is 48.5 Å². The average molecular weight is 480 g/mol. The number of carbonyl (C=O) groups excluding carboxylic acids is 1. The van der Waals surface area contributed by atoms with Crippen LogP contribution in [-0.4, -0.2) is 22.9 Å². The number of nitrogens with zero attached hydrogens (tertiary/aromatic N) is 1. The van der Waals surface area contributed by atoms with Gasteiger partial charge in [0.2, 0.25) is 0 Å². The second kappa shape index (κ2) is 10.5. The van der Waals surface area contributed by atoms with Gasteiger partial charge in [-0.1, -0.05) is 36.4 Å². The van der Waals surface area contributed by atoms with Crippen LogP contribution in [0.3, 0.4) is 0 Å². The minimum Gasteiger partial charge on any atom is -0.489 e. The lowest BCUT2D eigenvalue weighted by Crippen LogP contribution is -2.44. The molecule has 0 fully saturated rings. The molecular formula is C29H29N5O2. The van der Waals surface area contributed by atoms with Crippen molar-refractivity contribution in [2.45, 2.75) is 38.5 Å². The number of urea groups is 1. The molecule has 5 N–H and O–H groups in total. The normalized spacial score (nSPS) is 14.6. The van der Waals surface area contributed by atoms with Crippen molar-refractivity contribution in [1.29, 1.82) is 5.41 Å². The number of fused-ring (bicyclic) bond motifs is 2. The van der Waals surface area contributed by atoms with Crippen molar-refractivity contribution in [1.82, 2.24) is 15.6 Å². The number of carbonyl (C=O) groups is 1. The number of benzene rings is 3. The maximum atomic E-state index is 12.4. The summed E-state index contributed by atoms with van der Waals surface area (Å²) in [4.78, 5) is 16.5. The van der Waals surface area contributed by atoms with Gasteiger partial charge in [-0.05, 0) is 82.6 Å². The molecule has 1 unspecified atom stereocenters. The molecule has 0 spiro atoms. The fraction of sp³-hybridized carbons (Fsp3) is 0.207. The number of aryl methyl sites for hydroxylation is 1. The molecule has 1 aliphatic carbocycles. The molecule has 36 heavy (non-hydrogen) atoms. The Hall–Kier alpha value is -4.39. The summed E-state index contributed by atoms with van der Waals surface area (Å²) in [6.07, 6.45) is 6.09. The van der Waals surface area contributed by atoms with E-state index in [4.69, 9.17) is 15.9 Å². The monoisotopic (exact) mass is 479 g/mol. The molecule has 182 valence electrons. The molecule has 7 heteroatoms. The smallest absolute Gasteiger partial charge is 0.315 e. The first-order valence-electron chi connectivity index (χ1n) is 12.1. The summed E-state index contributed by atoms with van der Waals surface area (Å²) >= 11 is 0. The second-order valence-electron chi connectivity index (χ2n) is 9.16. The number of ether oxygens (including phenoxy) is 1. The number of nitrogens with one attached hydrogen (secondary N) is 3. The Bertz CT molecular complexity index is 1400. The predicted octanol–water partition coefficient (Wildman–Crippen LogP) is 4.45. The standard InChI is InChI=1S/C29H29N5O2/c30-28(31)24-6-5-22-12-19(3-4-23(22)13-24)18-36-27-10-8-21-7-9-26(14-25(21)15-27)34-29(35)33-17-20-2-1-11-32-16-20/h1-6,8,10-13,15-16,26H,7,9,14,17-18H2,(H3,30,31)(H2,33,34,35). The molecule has 0 saturated heterocycles. The van der Waals surface area contributed by atoms with Crippen molar-refractivity contribution in [3.8, 4) is 5.75 Å². The minimum absolute atomic E-state index is 0.0690. The number of nitrogens with two attached hydrogens (primary N) is 1. The maximum Gasteiger partial charge on any atom is 0.315 e. The van der Waals surface area contributed by atoms with Gasteiger partial charge in [-0.2, -0.15) is 0 Å². The first-order chi connectivity index (χ1) is 17.5. The Kier molecular flexibility index (Phi) is 6.80. The van der Waals surface area contributed by atoms with Gasteiger partial charge in [0.1, 0.15) is 18.2 Å². The molecule has 0 bridgehead atoms. The highest BCUT2D eigenvalue weighted by molar-refractivity contribution is 5.99. The van der Waals surface area contributed by atoms with E-state index in [0.29, 0.717) is 13.2 Å².